The molecule has 0 aromatic heterocycles. The van der Waals surface area contributed by atoms with Crippen LogP contribution in [0.25, 0.3) is 0 Å². The lowest BCUT2D eigenvalue weighted by atomic mass is 9.92. The highest BCUT2D eigenvalue weighted by molar-refractivity contribution is 4.80. The largest absolute Gasteiger partial charge is 0.396 e. The van der Waals surface area contributed by atoms with E-state index < -0.39 is 5.41 Å². The molecule has 2 aliphatic heterocycles. The Balaban J connectivity index is 1.71. The van der Waals surface area contributed by atoms with Crippen LogP contribution in [0.3, 0.4) is 0 Å². The molecule has 0 saturated carbocycles. The van der Waals surface area contributed by atoms with E-state index in [1.807, 2.05) is 6.92 Å². The summed E-state index contributed by atoms with van der Waals surface area (Å²) in [5.74, 6) is 0. The van der Waals surface area contributed by atoms with Gasteiger partial charge in [-0.3, -0.25) is 0 Å². The Morgan fingerprint density at radius 1 is 0.952 bits per heavy atom. The fraction of sp³-hybridized carbons (Fsp3) is 1.00. The van der Waals surface area contributed by atoms with Crippen LogP contribution >= 0.6 is 0 Å². The van der Waals surface area contributed by atoms with Gasteiger partial charge in [-0.1, -0.05) is 0 Å². The van der Waals surface area contributed by atoms with Crippen molar-refractivity contribution >= 4 is 0 Å². The summed E-state index contributed by atoms with van der Waals surface area (Å²) in [7, 11) is 0. The summed E-state index contributed by atoms with van der Waals surface area (Å²) < 4.78 is 32.1. The van der Waals surface area contributed by atoms with Gasteiger partial charge >= 0.3 is 0 Å². The fourth-order valence-corrected chi connectivity index (χ4v) is 1.80. The summed E-state index contributed by atoms with van der Waals surface area (Å²) in [6, 6.07) is 0. The summed E-state index contributed by atoms with van der Waals surface area (Å²) in [6.45, 7) is 6.26. The maximum Gasteiger partial charge on any atom is 0.146 e. The van der Waals surface area contributed by atoms with Gasteiger partial charge in [-0.25, -0.2) is 0 Å². The first kappa shape index (κ1) is 17.1. The molecule has 2 heterocycles. The van der Waals surface area contributed by atoms with Gasteiger partial charge in [0.05, 0.1) is 58.3 Å². The van der Waals surface area contributed by atoms with Crippen LogP contribution in [-0.4, -0.2) is 83.6 Å². The van der Waals surface area contributed by atoms with Gasteiger partial charge in [0.1, 0.15) is 19.0 Å². The van der Waals surface area contributed by atoms with Crippen molar-refractivity contribution in [2.24, 2.45) is 5.41 Å². The number of aliphatic hydroxyl groups is 1. The molecule has 2 saturated heterocycles. The zero-order valence-electron chi connectivity index (χ0n) is 12.6. The molecule has 2 unspecified atom stereocenters. The molecule has 21 heavy (non-hydrogen) atoms. The Morgan fingerprint density at radius 2 is 1.48 bits per heavy atom. The second kappa shape index (κ2) is 8.99. The Morgan fingerprint density at radius 3 is 1.90 bits per heavy atom. The van der Waals surface area contributed by atoms with Gasteiger partial charge in [-0.2, -0.15) is 0 Å². The molecule has 0 amide bonds. The molecule has 2 fully saturated rings. The molecule has 124 valence electrons. The maximum atomic E-state index is 9.75. The number of rotatable bonds is 14. The molecule has 0 aromatic carbocycles. The van der Waals surface area contributed by atoms with Crippen molar-refractivity contribution in [3.63, 3.8) is 0 Å². The van der Waals surface area contributed by atoms with E-state index >= 15 is 0 Å². The molecule has 7 heteroatoms. The number of hydrogen-bond acceptors (Lipinski definition) is 7. The van der Waals surface area contributed by atoms with E-state index in [1.165, 1.54) is 0 Å². The maximum absolute atomic E-state index is 9.75. The van der Waals surface area contributed by atoms with E-state index in [0.29, 0.717) is 39.6 Å². The van der Waals surface area contributed by atoms with Gasteiger partial charge < -0.3 is 33.5 Å². The lowest BCUT2D eigenvalue weighted by molar-refractivity contribution is -0.130. The Hall–Kier alpha value is -0.280. The number of hydrogen-bond donors (Lipinski definition) is 1. The third-order valence-corrected chi connectivity index (χ3v) is 3.34. The van der Waals surface area contributed by atoms with Crippen LogP contribution in [0.1, 0.15) is 6.92 Å². The SMILES string of the molecule is CCOCOCC(CO)(COCC1CO1)COCC1CO1. The minimum atomic E-state index is -0.582. The van der Waals surface area contributed by atoms with E-state index in [4.69, 9.17) is 28.4 Å². The van der Waals surface area contributed by atoms with Crippen molar-refractivity contribution in [2.45, 2.75) is 19.1 Å². The third-order valence-electron chi connectivity index (χ3n) is 3.34. The molecular weight excluding hydrogens is 280 g/mol. The van der Waals surface area contributed by atoms with E-state index in [9.17, 15) is 5.11 Å². The smallest absolute Gasteiger partial charge is 0.146 e. The molecule has 0 aliphatic carbocycles. The van der Waals surface area contributed by atoms with Crippen molar-refractivity contribution < 1.29 is 33.5 Å². The molecule has 0 spiro atoms. The van der Waals surface area contributed by atoms with E-state index in [0.717, 1.165) is 13.2 Å². The Bertz CT molecular complexity index is 260. The number of epoxide rings is 2. The van der Waals surface area contributed by atoms with Crippen molar-refractivity contribution in [3.8, 4) is 0 Å². The fourth-order valence-electron chi connectivity index (χ4n) is 1.80. The van der Waals surface area contributed by atoms with Gasteiger partial charge in [0.25, 0.3) is 0 Å². The number of aliphatic hydroxyl groups excluding tert-OH is 1. The van der Waals surface area contributed by atoms with Gasteiger partial charge in [-0.05, 0) is 6.92 Å². The lowest BCUT2D eigenvalue weighted by Gasteiger charge is -2.31. The van der Waals surface area contributed by atoms with Crippen molar-refractivity contribution in [2.75, 3.05) is 66.3 Å². The van der Waals surface area contributed by atoms with Gasteiger partial charge in [0.15, 0.2) is 0 Å². The van der Waals surface area contributed by atoms with Crippen LogP contribution in [-0.2, 0) is 28.4 Å². The standard InChI is InChI=1S/C14H26O7/c1-2-16-11-19-10-14(7-15,8-17-3-12-5-20-12)9-18-4-13-6-21-13/h12-13,15H,2-11H2,1H3. The molecule has 0 bridgehead atoms. The minimum absolute atomic E-state index is 0.0732. The average Bonchev–Trinajstić information content (AvgIpc) is 3.37. The van der Waals surface area contributed by atoms with Gasteiger partial charge in [-0.15, -0.1) is 0 Å². The first-order chi connectivity index (χ1) is 10.3. The average molecular weight is 306 g/mol. The lowest BCUT2D eigenvalue weighted by Crippen LogP contribution is -2.41. The highest BCUT2D eigenvalue weighted by atomic mass is 16.7. The van der Waals surface area contributed by atoms with Crippen LogP contribution in [0.2, 0.25) is 0 Å². The van der Waals surface area contributed by atoms with Gasteiger partial charge in [0.2, 0.25) is 0 Å². The molecule has 2 atom stereocenters. The van der Waals surface area contributed by atoms with Crippen molar-refractivity contribution in [1.82, 2.24) is 0 Å². The molecule has 1 N–H and O–H groups in total. The van der Waals surface area contributed by atoms with Crippen LogP contribution in [0.5, 0.6) is 0 Å². The first-order valence-corrected chi connectivity index (χ1v) is 7.43. The quantitative estimate of drug-likeness (QED) is 0.270. The predicted molar refractivity (Wildman–Crippen MR) is 73.1 cm³/mol. The van der Waals surface area contributed by atoms with E-state index in [1.54, 1.807) is 0 Å². The second-order valence-corrected chi connectivity index (χ2v) is 5.56. The summed E-state index contributed by atoms with van der Waals surface area (Å²) in [5, 5.41) is 9.75. The monoisotopic (exact) mass is 306 g/mol. The topological polar surface area (TPSA) is 82.2 Å². The van der Waals surface area contributed by atoms with Crippen LogP contribution < -0.4 is 0 Å². The molecular formula is C14H26O7. The minimum Gasteiger partial charge on any atom is -0.396 e. The van der Waals surface area contributed by atoms with Gasteiger partial charge in [0, 0.05) is 6.61 Å². The zero-order valence-corrected chi connectivity index (χ0v) is 12.6. The normalized spacial score (nSPS) is 26.6. The molecule has 0 radical (unpaired) electrons. The molecule has 2 aliphatic rings. The summed E-state index contributed by atoms with van der Waals surface area (Å²) in [6.07, 6.45) is 0.401. The zero-order chi connectivity index (χ0) is 15.0. The highest BCUT2D eigenvalue weighted by Crippen LogP contribution is 2.21. The van der Waals surface area contributed by atoms with E-state index in [2.05, 4.69) is 0 Å². The molecule has 7 nitrogen and oxygen atoms in total. The van der Waals surface area contributed by atoms with Crippen molar-refractivity contribution in [3.05, 3.63) is 0 Å². The van der Waals surface area contributed by atoms with Crippen LogP contribution in [0.15, 0.2) is 0 Å². The molecule has 0 aromatic rings. The van der Waals surface area contributed by atoms with Crippen molar-refractivity contribution in [1.29, 1.82) is 0 Å². The Labute approximate surface area is 125 Å². The third kappa shape index (κ3) is 7.01. The van der Waals surface area contributed by atoms with E-state index in [-0.39, 0.29) is 25.6 Å². The molecule has 2 rings (SSSR count). The predicted octanol–water partition coefficient (Wildman–Crippen LogP) is -0.193. The first-order valence-electron chi connectivity index (χ1n) is 7.43. The van der Waals surface area contributed by atoms with Crippen LogP contribution in [0.4, 0.5) is 0 Å². The summed E-state index contributed by atoms with van der Waals surface area (Å²) in [4.78, 5) is 0. The second-order valence-electron chi connectivity index (χ2n) is 5.56. The highest BCUT2D eigenvalue weighted by Gasteiger charge is 2.34. The number of ether oxygens (including phenoxy) is 6. The summed E-state index contributed by atoms with van der Waals surface area (Å²) in [5.41, 5.74) is -0.582. The van der Waals surface area contributed by atoms with Crippen LogP contribution in [0, 0.1) is 5.41 Å². The summed E-state index contributed by atoms with van der Waals surface area (Å²) >= 11 is 0. The Kier molecular flexibility index (Phi) is 7.31.